The van der Waals surface area contributed by atoms with Crippen LogP contribution >= 0.6 is 0 Å². The molecule has 2 aromatic rings. The minimum Gasteiger partial charge on any atom is -0.361 e. The predicted octanol–water partition coefficient (Wildman–Crippen LogP) is 2.75. The van der Waals surface area contributed by atoms with E-state index in [1.54, 1.807) is 0 Å². The SMILES string of the molecule is CCN1CCCC1CNC(=NC)NCCCc1c[nH]c2ccccc12. The second-order valence-electron chi connectivity index (χ2n) is 6.77. The number of hydrogen-bond donors (Lipinski definition) is 3. The average molecular weight is 342 g/mol. The van der Waals surface area contributed by atoms with E-state index in [0.29, 0.717) is 6.04 Å². The van der Waals surface area contributed by atoms with E-state index in [1.807, 2.05) is 7.05 Å². The van der Waals surface area contributed by atoms with Gasteiger partial charge in [0, 0.05) is 43.3 Å². The number of aromatic amines is 1. The molecule has 1 atom stereocenters. The summed E-state index contributed by atoms with van der Waals surface area (Å²) in [5, 5.41) is 8.28. The van der Waals surface area contributed by atoms with Crippen LogP contribution in [0.5, 0.6) is 0 Å². The second kappa shape index (κ2) is 8.90. The van der Waals surface area contributed by atoms with Gasteiger partial charge in [0.2, 0.25) is 0 Å². The number of fused-ring (bicyclic) bond motifs is 1. The maximum atomic E-state index is 4.35. The molecule has 5 heteroatoms. The highest BCUT2D eigenvalue weighted by atomic mass is 15.2. The van der Waals surface area contributed by atoms with Gasteiger partial charge in [0.25, 0.3) is 0 Å². The number of H-pyrrole nitrogens is 1. The van der Waals surface area contributed by atoms with Crippen LogP contribution in [0.1, 0.15) is 31.7 Å². The molecule has 25 heavy (non-hydrogen) atoms. The van der Waals surface area contributed by atoms with Crippen molar-refractivity contribution in [2.45, 2.75) is 38.6 Å². The number of nitrogens with zero attached hydrogens (tertiary/aromatic N) is 2. The summed E-state index contributed by atoms with van der Waals surface area (Å²) in [4.78, 5) is 10.3. The van der Waals surface area contributed by atoms with Gasteiger partial charge in [-0.1, -0.05) is 25.1 Å². The summed E-state index contributed by atoms with van der Waals surface area (Å²) in [5.74, 6) is 0.918. The molecule has 3 rings (SSSR count). The Balaban J connectivity index is 1.40. The molecule has 0 spiro atoms. The number of likely N-dealkylation sites (tertiary alicyclic amines) is 1. The van der Waals surface area contributed by atoms with Crippen LogP contribution in [0.3, 0.4) is 0 Å². The number of para-hydroxylation sites is 1. The van der Waals surface area contributed by atoms with Crippen LogP contribution in [-0.2, 0) is 6.42 Å². The van der Waals surface area contributed by atoms with Crippen molar-refractivity contribution in [2.75, 3.05) is 33.2 Å². The van der Waals surface area contributed by atoms with Crippen molar-refractivity contribution >= 4 is 16.9 Å². The molecule has 1 unspecified atom stereocenters. The van der Waals surface area contributed by atoms with Gasteiger partial charge >= 0.3 is 0 Å². The summed E-state index contributed by atoms with van der Waals surface area (Å²) in [7, 11) is 1.85. The summed E-state index contributed by atoms with van der Waals surface area (Å²) in [5.41, 5.74) is 2.62. The van der Waals surface area contributed by atoms with Crippen molar-refractivity contribution in [3.63, 3.8) is 0 Å². The highest BCUT2D eigenvalue weighted by molar-refractivity contribution is 5.83. The molecule has 1 aromatic carbocycles. The monoisotopic (exact) mass is 341 g/mol. The van der Waals surface area contributed by atoms with E-state index in [0.717, 1.165) is 38.4 Å². The minimum absolute atomic E-state index is 0.648. The van der Waals surface area contributed by atoms with Crippen LogP contribution in [0.15, 0.2) is 35.5 Å². The number of rotatable bonds is 7. The number of likely N-dealkylation sites (N-methyl/N-ethyl adjacent to an activating group) is 1. The van der Waals surface area contributed by atoms with Crippen molar-refractivity contribution in [3.8, 4) is 0 Å². The predicted molar refractivity (Wildman–Crippen MR) is 106 cm³/mol. The lowest BCUT2D eigenvalue weighted by Gasteiger charge is -2.23. The zero-order valence-electron chi connectivity index (χ0n) is 15.5. The van der Waals surface area contributed by atoms with E-state index in [2.05, 4.69) is 62.9 Å². The first-order chi connectivity index (χ1) is 12.3. The Hall–Kier alpha value is -2.01. The lowest BCUT2D eigenvalue weighted by Crippen LogP contribution is -2.45. The van der Waals surface area contributed by atoms with Gasteiger partial charge in [0.05, 0.1) is 0 Å². The number of benzene rings is 1. The number of aliphatic imine (C=N–C) groups is 1. The molecule has 1 aromatic heterocycles. The first kappa shape index (κ1) is 17.8. The average Bonchev–Trinajstić information content (AvgIpc) is 3.27. The van der Waals surface area contributed by atoms with Crippen molar-refractivity contribution in [1.82, 2.24) is 20.5 Å². The highest BCUT2D eigenvalue weighted by Crippen LogP contribution is 2.18. The minimum atomic E-state index is 0.648. The van der Waals surface area contributed by atoms with E-state index >= 15 is 0 Å². The normalized spacial score (nSPS) is 18.8. The number of hydrogen-bond acceptors (Lipinski definition) is 2. The van der Waals surface area contributed by atoms with E-state index < -0.39 is 0 Å². The summed E-state index contributed by atoms with van der Waals surface area (Å²) in [6.07, 6.45) is 6.90. The maximum Gasteiger partial charge on any atom is 0.191 e. The lowest BCUT2D eigenvalue weighted by molar-refractivity contribution is 0.267. The lowest BCUT2D eigenvalue weighted by atomic mass is 10.1. The van der Waals surface area contributed by atoms with Gasteiger partial charge in [-0.25, -0.2) is 0 Å². The summed E-state index contributed by atoms with van der Waals surface area (Å²) in [6, 6.07) is 9.15. The fraction of sp³-hybridized carbons (Fsp3) is 0.550. The molecule has 0 amide bonds. The molecule has 5 nitrogen and oxygen atoms in total. The van der Waals surface area contributed by atoms with Gasteiger partial charge < -0.3 is 15.6 Å². The largest absolute Gasteiger partial charge is 0.361 e. The van der Waals surface area contributed by atoms with Crippen molar-refractivity contribution in [1.29, 1.82) is 0 Å². The molecule has 3 N–H and O–H groups in total. The van der Waals surface area contributed by atoms with E-state index in [4.69, 9.17) is 0 Å². The molecule has 1 fully saturated rings. The fourth-order valence-corrected chi connectivity index (χ4v) is 3.80. The maximum absolute atomic E-state index is 4.35. The Bertz CT molecular complexity index is 690. The fourth-order valence-electron chi connectivity index (χ4n) is 3.80. The van der Waals surface area contributed by atoms with E-state index in [-0.39, 0.29) is 0 Å². The van der Waals surface area contributed by atoms with Crippen molar-refractivity contribution in [3.05, 3.63) is 36.0 Å². The van der Waals surface area contributed by atoms with Gasteiger partial charge in [-0.05, 0) is 50.4 Å². The Morgan fingerprint density at radius 2 is 2.20 bits per heavy atom. The first-order valence-electron chi connectivity index (χ1n) is 9.55. The van der Waals surface area contributed by atoms with Gasteiger partial charge in [0.15, 0.2) is 5.96 Å². The number of aromatic nitrogens is 1. The van der Waals surface area contributed by atoms with Crippen LogP contribution in [0.25, 0.3) is 10.9 Å². The summed E-state index contributed by atoms with van der Waals surface area (Å²) < 4.78 is 0. The second-order valence-corrected chi connectivity index (χ2v) is 6.77. The number of nitrogens with one attached hydrogen (secondary N) is 3. The molecule has 0 bridgehead atoms. The summed E-state index contributed by atoms with van der Waals surface area (Å²) in [6.45, 7) is 6.54. The van der Waals surface area contributed by atoms with E-state index in [1.165, 1.54) is 35.9 Å². The Morgan fingerprint density at radius 3 is 3.04 bits per heavy atom. The van der Waals surface area contributed by atoms with Crippen molar-refractivity contribution in [2.24, 2.45) is 4.99 Å². The molecule has 2 heterocycles. The smallest absolute Gasteiger partial charge is 0.191 e. The van der Waals surface area contributed by atoms with Gasteiger partial charge in [0.1, 0.15) is 0 Å². The topological polar surface area (TPSA) is 55.4 Å². The third-order valence-electron chi connectivity index (χ3n) is 5.22. The van der Waals surface area contributed by atoms with Crippen LogP contribution in [0.4, 0.5) is 0 Å². The molecule has 0 aliphatic carbocycles. The highest BCUT2D eigenvalue weighted by Gasteiger charge is 2.22. The molecule has 1 aliphatic heterocycles. The molecule has 136 valence electrons. The zero-order chi connectivity index (χ0) is 17.5. The molecule has 1 aliphatic rings. The van der Waals surface area contributed by atoms with Crippen LogP contribution < -0.4 is 10.6 Å². The van der Waals surface area contributed by atoms with Crippen LogP contribution in [-0.4, -0.2) is 55.1 Å². The quantitative estimate of drug-likeness (QED) is 0.412. The molecular formula is C20H31N5. The van der Waals surface area contributed by atoms with Gasteiger partial charge in [-0.3, -0.25) is 9.89 Å². The third kappa shape index (κ3) is 4.54. The van der Waals surface area contributed by atoms with Crippen molar-refractivity contribution < 1.29 is 0 Å². The standard InChI is InChI=1S/C20H31N5/c1-3-25-13-7-9-17(25)15-24-20(21-2)22-12-6-8-16-14-23-19-11-5-4-10-18(16)19/h4-5,10-11,14,17,23H,3,6-9,12-13,15H2,1-2H3,(H2,21,22,24). The zero-order valence-corrected chi connectivity index (χ0v) is 15.5. The Labute approximate surface area is 150 Å². The number of guanidine groups is 1. The molecular weight excluding hydrogens is 310 g/mol. The summed E-state index contributed by atoms with van der Waals surface area (Å²) >= 11 is 0. The van der Waals surface area contributed by atoms with Gasteiger partial charge in [-0.2, -0.15) is 0 Å². The third-order valence-corrected chi connectivity index (χ3v) is 5.22. The Kier molecular flexibility index (Phi) is 6.34. The number of aryl methyl sites for hydroxylation is 1. The first-order valence-corrected chi connectivity index (χ1v) is 9.55. The molecule has 0 saturated carbocycles. The molecule has 0 radical (unpaired) electrons. The van der Waals surface area contributed by atoms with Gasteiger partial charge in [-0.15, -0.1) is 0 Å². The molecule has 1 saturated heterocycles. The van der Waals surface area contributed by atoms with Crippen LogP contribution in [0.2, 0.25) is 0 Å². The van der Waals surface area contributed by atoms with E-state index in [9.17, 15) is 0 Å². The Morgan fingerprint density at radius 1 is 1.32 bits per heavy atom. The van der Waals surface area contributed by atoms with Crippen LogP contribution in [0, 0.1) is 0 Å².